The van der Waals surface area contributed by atoms with Crippen LogP contribution < -0.4 is 10.2 Å². The van der Waals surface area contributed by atoms with Crippen LogP contribution >= 0.6 is 0 Å². The number of amides is 1. The molecule has 0 saturated carbocycles. The summed E-state index contributed by atoms with van der Waals surface area (Å²) in [5, 5.41) is 20.0. The maximum atomic E-state index is 12.7. The summed E-state index contributed by atoms with van der Waals surface area (Å²) in [5.74, 6) is 1.48. The quantitative estimate of drug-likeness (QED) is 0.414. The van der Waals surface area contributed by atoms with Crippen molar-refractivity contribution in [1.82, 2.24) is 34.4 Å². The highest BCUT2D eigenvalue weighted by Crippen LogP contribution is 2.34. The molecule has 6 heterocycles. The molecule has 2 saturated heterocycles. The number of carbonyl (C=O) groups excluding carboxylic acids is 1. The fourth-order valence-electron chi connectivity index (χ4n) is 4.73. The summed E-state index contributed by atoms with van der Waals surface area (Å²) in [4.78, 5) is 30.7. The fraction of sp³-hybridized carbons (Fsp3) is 0.348. The molecule has 0 spiro atoms. The summed E-state index contributed by atoms with van der Waals surface area (Å²) in [6.07, 6.45) is 5.85. The summed E-state index contributed by atoms with van der Waals surface area (Å²) >= 11 is 0. The lowest BCUT2D eigenvalue weighted by atomic mass is 10.1. The molecule has 4 aromatic rings. The number of rotatable bonds is 5. The number of nitrogens with one attached hydrogen (secondary N) is 2. The molecule has 2 atom stereocenters. The van der Waals surface area contributed by atoms with Crippen LogP contribution in [0, 0.1) is 0 Å². The molecule has 34 heavy (non-hydrogen) atoms. The van der Waals surface area contributed by atoms with Crippen LogP contribution in [-0.4, -0.2) is 71.2 Å². The van der Waals surface area contributed by atoms with Gasteiger partial charge in [-0.25, -0.2) is 0 Å². The lowest BCUT2D eigenvalue weighted by Gasteiger charge is -2.24. The molecule has 2 aliphatic heterocycles. The van der Waals surface area contributed by atoms with Gasteiger partial charge in [0.15, 0.2) is 5.82 Å². The van der Waals surface area contributed by atoms with Crippen molar-refractivity contribution in [3.63, 3.8) is 0 Å². The van der Waals surface area contributed by atoms with Gasteiger partial charge < -0.3 is 20.2 Å². The lowest BCUT2D eigenvalue weighted by molar-refractivity contribution is 0.0759. The zero-order valence-electron chi connectivity index (χ0n) is 18.5. The van der Waals surface area contributed by atoms with E-state index in [1.165, 1.54) is 0 Å². The fourth-order valence-corrected chi connectivity index (χ4v) is 4.73. The predicted molar refractivity (Wildman–Crippen MR) is 125 cm³/mol. The summed E-state index contributed by atoms with van der Waals surface area (Å²) in [5.41, 5.74) is 2.14. The molecular weight excluding hydrogens is 434 g/mol. The summed E-state index contributed by atoms with van der Waals surface area (Å²) in [6.45, 7) is 1.72. The van der Waals surface area contributed by atoms with E-state index in [1.807, 2.05) is 47.1 Å². The molecule has 0 bridgehead atoms. The molecule has 2 fully saturated rings. The first-order valence-corrected chi connectivity index (χ1v) is 11.5. The van der Waals surface area contributed by atoms with Crippen molar-refractivity contribution in [3.05, 3.63) is 60.2 Å². The first-order chi connectivity index (χ1) is 16.7. The number of fused-ring (bicyclic) bond motifs is 1. The number of β-amino-alcohol motifs (C(OH)–C–C–N with tert-alkyl or cyclic N) is 1. The molecule has 1 amide bonds. The SMILES string of the molecule is O=C(c1cc(Nc2nc(N3CCCC3c3ccccn3)nc3cccn23)n[nH]1)N1CC[C@@H](O)C1. The maximum absolute atomic E-state index is 12.7. The van der Waals surface area contributed by atoms with Crippen LogP contribution in [0.2, 0.25) is 0 Å². The Kier molecular flexibility index (Phi) is 5.10. The van der Waals surface area contributed by atoms with Crippen LogP contribution in [0.1, 0.15) is 41.5 Å². The van der Waals surface area contributed by atoms with Gasteiger partial charge in [0.1, 0.15) is 11.3 Å². The van der Waals surface area contributed by atoms with Gasteiger partial charge >= 0.3 is 0 Å². The van der Waals surface area contributed by atoms with E-state index in [2.05, 4.69) is 25.4 Å². The zero-order chi connectivity index (χ0) is 23.1. The second kappa shape index (κ2) is 8.41. The lowest BCUT2D eigenvalue weighted by Crippen LogP contribution is -2.29. The summed E-state index contributed by atoms with van der Waals surface area (Å²) < 4.78 is 1.85. The topological polar surface area (TPSA) is 128 Å². The van der Waals surface area contributed by atoms with Crippen LogP contribution in [0.15, 0.2) is 48.8 Å². The molecule has 0 radical (unpaired) electrons. The Morgan fingerprint density at radius 3 is 2.91 bits per heavy atom. The van der Waals surface area contributed by atoms with Crippen LogP contribution in [0.25, 0.3) is 5.65 Å². The molecule has 1 unspecified atom stereocenters. The van der Waals surface area contributed by atoms with Crippen LogP contribution in [0.5, 0.6) is 0 Å². The molecule has 3 N–H and O–H groups in total. The normalized spacial score (nSPS) is 20.4. The van der Waals surface area contributed by atoms with Crippen molar-refractivity contribution >= 4 is 29.3 Å². The Morgan fingerprint density at radius 2 is 2.09 bits per heavy atom. The number of nitrogens with zero attached hydrogens (tertiary/aromatic N) is 7. The van der Waals surface area contributed by atoms with Crippen molar-refractivity contribution < 1.29 is 9.90 Å². The number of aliphatic hydroxyl groups excluding tert-OH is 1. The third-order valence-corrected chi connectivity index (χ3v) is 6.41. The smallest absolute Gasteiger partial charge is 0.272 e. The van der Waals surface area contributed by atoms with Gasteiger partial charge in [-0.05, 0) is 43.5 Å². The Morgan fingerprint density at radius 1 is 1.15 bits per heavy atom. The van der Waals surface area contributed by atoms with E-state index in [-0.39, 0.29) is 11.9 Å². The van der Waals surface area contributed by atoms with E-state index in [9.17, 15) is 9.90 Å². The number of likely N-dealkylation sites (tertiary alicyclic amines) is 1. The third kappa shape index (κ3) is 3.73. The second-order valence-electron chi connectivity index (χ2n) is 8.68. The second-order valence-corrected chi connectivity index (χ2v) is 8.68. The van der Waals surface area contributed by atoms with Gasteiger partial charge in [-0.1, -0.05) is 6.07 Å². The van der Waals surface area contributed by atoms with Gasteiger partial charge in [0.05, 0.1) is 17.8 Å². The standard InChI is InChI=1S/C23H25N9O2/c33-15-8-12-30(14-15)21(34)17-13-19(29-28-17)25-22-27-23(26-20-7-4-11-32(20)22)31-10-3-6-18(31)16-5-1-2-9-24-16/h1-2,4-5,7,9,11,13,15,18,33H,3,6,8,10,12,14H2,(H2,25,26,27,28,29)/t15-,18?/m1/s1. The summed E-state index contributed by atoms with van der Waals surface area (Å²) in [6, 6.07) is 11.6. The van der Waals surface area contributed by atoms with E-state index in [0.29, 0.717) is 42.9 Å². The molecule has 0 aliphatic carbocycles. The van der Waals surface area contributed by atoms with Crippen molar-refractivity contribution in [1.29, 1.82) is 0 Å². The maximum Gasteiger partial charge on any atom is 0.272 e. The summed E-state index contributed by atoms with van der Waals surface area (Å²) in [7, 11) is 0. The van der Waals surface area contributed by atoms with E-state index in [4.69, 9.17) is 9.97 Å². The number of hydrogen-bond donors (Lipinski definition) is 3. The number of H-pyrrole nitrogens is 1. The van der Waals surface area contributed by atoms with Gasteiger partial charge in [0.25, 0.3) is 5.91 Å². The van der Waals surface area contributed by atoms with Crippen LogP contribution in [-0.2, 0) is 0 Å². The Balaban J connectivity index is 1.28. The van der Waals surface area contributed by atoms with Crippen molar-refractivity contribution in [2.75, 3.05) is 29.9 Å². The number of aliphatic hydroxyl groups is 1. The first-order valence-electron chi connectivity index (χ1n) is 11.5. The van der Waals surface area contributed by atoms with Gasteiger partial charge in [0.2, 0.25) is 11.9 Å². The monoisotopic (exact) mass is 459 g/mol. The molecule has 6 rings (SSSR count). The van der Waals surface area contributed by atoms with Crippen molar-refractivity contribution in [2.24, 2.45) is 0 Å². The average molecular weight is 460 g/mol. The molecule has 174 valence electrons. The molecule has 0 aromatic carbocycles. The minimum absolute atomic E-state index is 0.122. The minimum Gasteiger partial charge on any atom is -0.391 e. The molecule has 4 aromatic heterocycles. The Labute approximate surface area is 195 Å². The molecule has 11 nitrogen and oxygen atoms in total. The Hall–Kier alpha value is -3.99. The van der Waals surface area contributed by atoms with Crippen LogP contribution in [0.3, 0.4) is 0 Å². The van der Waals surface area contributed by atoms with E-state index >= 15 is 0 Å². The first kappa shape index (κ1) is 20.6. The molecule has 2 aliphatic rings. The molecule has 11 heteroatoms. The van der Waals surface area contributed by atoms with E-state index < -0.39 is 6.10 Å². The number of anilines is 3. The average Bonchev–Trinajstić information content (AvgIpc) is 3.65. The van der Waals surface area contributed by atoms with Gasteiger partial charge in [0, 0.05) is 38.1 Å². The highest BCUT2D eigenvalue weighted by molar-refractivity contribution is 5.93. The van der Waals surface area contributed by atoms with Crippen molar-refractivity contribution in [2.45, 2.75) is 31.4 Å². The molecular formula is C23H25N9O2. The zero-order valence-corrected chi connectivity index (χ0v) is 18.5. The number of aromatic amines is 1. The largest absolute Gasteiger partial charge is 0.391 e. The van der Waals surface area contributed by atoms with Crippen LogP contribution in [0.4, 0.5) is 17.7 Å². The van der Waals surface area contributed by atoms with Gasteiger partial charge in [-0.15, -0.1) is 0 Å². The highest BCUT2D eigenvalue weighted by atomic mass is 16.3. The Bertz CT molecular complexity index is 1320. The number of hydrogen-bond acceptors (Lipinski definition) is 8. The van der Waals surface area contributed by atoms with Gasteiger partial charge in [-0.3, -0.25) is 19.3 Å². The third-order valence-electron chi connectivity index (χ3n) is 6.41. The van der Waals surface area contributed by atoms with E-state index in [1.54, 1.807) is 11.0 Å². The highest BCUT2D eigenvalue weighted by Gasteiger charge is 2.30. The van der Waals surface area contributed by atoms with Crippen molar-refractivity contribution in [3.8, 4) is 0 Å². The van der Waals surface area contributed by atoms with Gasteiger partial charge in [-0.2, -0.15) is 15.1 Å². The number of pyridine rings is 1. The number of aromatic nitrogens is 6. The predicted octanol–water partition coefficient (Wildman–Crippen LogP) is 2.14. The minimum atomic E-state index is -0.466. The number of carbonyl (C=O) groups is 1. The van der Waals surface area contributed by atoms with E-state index in [0.717, 1.165) is 30.7 Å².